The summed E-state index contributed by atoms with van der Waals surface area (Å²) in [5, 5.41) is 19.5. The molecule has 0 unspecified atom stereocenters. The van der Waals surface area contributed by atoms with Crippen LogP contribution >= 0.6 is 0 Å². The zero-order valence-electron chi connectivity index (χ0n) is 13.9. The molecule has 0 bridgehead atoms. The van der Waals surface area contributed by atoms with Crippen molar-refractivity contribution in [2.75, 3.05) is 13.2 Å². The molecule has 0 radical (unpaired) electrons. The first-order valence-electron chi connectivity index (χ1n) is 8.25. The Morgan fingerprint density at radius 2 is 1.79 bits per heavy atom. The van der Waals surface area contributed by atoms with Crippen LogP contribution in [0.3, 0.4) is 0 Å². The molecule has 2 atom stereocenters. The zero-order valence-corrected chi connectivity index (χ0v) is 13.9. The molecule has 0 aliphatic rings. The number of aliphatic hydroxyl groups excluding tert-OH is 2. The number of carbonyl (C=O) groups excluding carboxylic acids is 1. The average Bonchev–Trinajstić information content (AvgIpc) is 2.62. The van der Waals surface area contributed by atoms with Crippen LogP contribution in [-0.4, -0.2) is 35.5 Å². The molecule has 0 aromatic heterocycles. The average molecular weight is 328 g/mol. The fourth-order valence-corrected chi connectivity index (χ4v) is 2.66. The van der Waals surface area contributed by atoms with Crippen LogP contribution in [0.2, 0.25) is 0 Å². The lowest BCUT2D eigenvalue weighted by Gasteiger charge is -2.19. The fourth-order valence-electron chi connectivity index (χ4n) is 2.66. The number of benzene rings is 2. The van der Waals surface area contributed by atoms with Crippen molar-refractivity contribution in [3.8, 4) is 11.1 Å². The number of esters is 1. The minimum atomic E-state index is -0.922. The van der Waals surface area contributed by atoms with E-state index in [1.807, 2.05) is 36.4 Å². The molecule has 0 saturated heterocycles. The SMILES string of the molecule is CCOC(=O)[C@H](CO)[C@@H](O)CCc1cccc(-c2ccccc2)c1. The van der Waals surface area contributed by atoms with Crippen LogP contribution in [0.15, 0.2) is 54.6 Å². The maximum atomic E-state index is 11.7. The molecule has 0 heterocycles. The van der Waals surface area contributed by atoms with Gasteiger partial charge in [-0.25, -0.2) is 0 Å². The van der Waals surface area contributed by atoms with E-state index in [2.05, 4.69) is 18.2 Å². The monoisotopic (exact) mass is 328 g/mol. The Bertz CT molecular complexity index is 639. The molecule has 128 valence electrons. The standard InChI is InChI=1S/C20H24O4/c1-2-24-20(23)18(14-21)19(22)12-11-15-7-6-10-17(13-15)16-8-4-3-5-9-16/h3-10,13,18-19,21-22H,2,11-12,14H2,1H3/t18-,19+/m1/s1. The smallest absolute Gasteiger partial charge is 0.313 e. The van der Waals surface area contributed by atoms with E-state index in [0.29, 0.717) is 12.8 Å². The fraction of sp³-hybridized carbons (Fsp3) is 0.350. The van der Waals surface area contributed by atoms with Crippen molar-refractivity contribution in [2.45, 2.75) is 25.9 Å². The highest BCUT2D eigenvalue weighted by Crippen LogP contribution is 2.21. The minimum Gasteiger partial charge on any atom is -0.466 e. The molecule has 0 aliphatic carbocycles. The van der Waals surface area contributed by atoms with Gasteiger partial charge in [0.05, 0.1) is 19.3 Å². The van der Waals surface area contributed by atoms with Gasteiger partial charge >= 0.3 is 5.97 Å². The molecule has 0 aliphatic heterocycles. The van der Waals surface area contributed by atoms with Crippen LogP contribution in [0.25, 0.3) is 11.1 Å². The van der Waals surface area contributed by atoms with Gasteiger partial charge in [0.25, 0.3) is 0 Å². The second-order valence-electron chi connectivity index (χ2n) is 5.71. The Morgan fingerprint density at radius 1 is 1.08 bits per heavy atom. The van der Waals surface area contributed by atoms with Gasteiger partial charge in [-0.15, -0.1) is 0 Å². The zero-order chi connectivity index (χ0) is 17.4. The largest absolute Gasteiger partial charge is 0.466 e. The van der Waals surface area contributed by atoms with Crippen LogP contribution in [0.4, 0.5) is 0 Å². The van der Waals surface area contributed by atoms with Gasteiger partial charge < -0.3 is 14.9 Å². The van der Waals surface area contributed by atoms with E-state index in [-0.39, 0.29) is 6.61 Å². The Hall–Kier alpha value is -2.17. The van der Waals surface area contributed by atoms with Gasteiger partial charge in [0, 0.05) is 0 Å². The molecule has 2 N–H and O–H groups in total. The van der Waals surface area contributed by atoms with Crippen molar-refractivity contribution in [1.29, 1.82) is 0 Å². The summed E-state index contributed by atoms with van der Waals surface area (Å²) in [6, 6.07) is 18.2. The number of carbonyl (C=O) groups is 1. The third-order valence-electron chi connectivity index (χ3n) is 4.01. The van der Waals surface area contributed by atoms with Crippen LogP contribution in [0.1, 0.15) is 18.9 Å². The quantitative estimate of drug-likeness (QED) is 0.731. The van der Waals surface area contributed by atoms with Crippen LogP contribution in [0, 0.1) is 5.92 Å². The molecule has 0 amide bonds. The van der Waals surface area contributed by atoms with Gasteiger partial charge in [-0.2, -0.15) is 0 Å². The molecule has 4 nitrogen and oxygen atoms in total. The summed E-state index contributed by atoms with van der Waals surface area (Å²) < 4.78 is 4.89. The van der Waals surface area contributed by atoms with Crippen LogP contribution in [0.5, 0.6) is 0 Å². The van der Waals surface area contributed by atoms with E-state index in [1.165, 1.54) is 0 Å². The topological polar surface area (TPSA) is 66.8 Å². The Kier molecular flexibility index (Phi) is 6.97. The molecule has 0 fully saturated rings. The van der Waals surface area contributed by atoms with E-state index in [4.69, 9.17) is 4.74 Å². The molecule has 24 heavy (non-hydrogen) atoms. The summed E-state index contributed by atoms with van der Waals surface area (Å²) in [4.78, 5) is 11.7. The first kappa shape index (κ1) is 18.2. The molecule has 2 aromatic carbocycles. The molecule has 0 spiro atoms. The maximum Gasteiger partial charge on any atom is 0.313 e. The number of ether oxygens (including phenoxy) is 1. The first-order valence-corrected chi connectivity index (χ1v) is 8.25. The van der Waals surface area contributed by atoms with E-state index < -0.39 is 24.6 Å². The van der Waals surface area contributed by atoms with Gasteiger partial charge in [-0.1, -0.05) is 54.6 Å². The summed E-state index contributed by atoms with van der Waals surface area (Å²) in [5.74, 6) is -1.44. The van der Waals surface area contributed by atoms with E-state index in [1.54, 1.807) is 6.92 Å². The van der Waals surface area contributed by atoms with E-state index in [0.717, 1.165) is 16.7 Å². The number of rotatable bonds is 8. The predicted octanol–water partition coefficient (Wildman–Crippen LogP) is 2.82. The lowest BCUT2D eigenvalue weighted by Crippen LogP contribution is -2.33. The third-order valence-corrected chi connectivity index (χ3v) is 4.01. The highest BCUT2D eigenvalue weighted by Gasteiger charge is 2.27. The van der Waals surface area contributed by atoms with E-state index >= 15 is 0 Å². The van der Waals surface area contributed by atoms with Gasteiger partial charge in [0.2, 0.25) is 0 Å². The molecule has 2 rings (SSSR count). The van der Waals surface area contributed by atoms with Gasteiger partial charge in [0.1, 0.15) is 5.92 Å². The number of aryl methyl sites for hydroxylation is 1. The summed E-state index contributed by atoms with van der Waals surface area (Å²) in [7, 11) is 0. The Morgan fingerprint density at radius 3 is 2.46 bits per heavy atom. The highest BCUT2D eigenvalue weighted by atomic mass is 16.5. The summed E-state index contributed by atoms with van der Waals surface area (Å²) in [6.07, 6.45) is 0.0921. The lowest BCUT2D eigenvalue weighted by molar-refractivity contribution is -0.154. The highest BCUT2D eigenvalue weighted by molar-refractivity contribution is 5.73. The Labute approximate surface area is 142 Å². The number of aliphatic hydroxyl groups is 2. The normalized spacial score (nSPS) is 13.3. The molecular weight excluding hydrogens is 304 g/mol. The Balaban J connectivity index is 2.00. The van der Waals surface area contributed by atoms with Crippen molar-refractivity contribution in [3.05, 3.63) is 60.2 Å². The van der Waals surface area contributed by atoms with Crippen molar-refractivity contribution in [1.82, 2.24) is 0 Å². The van der Waals surface area contributed by atoms with Gasteiger partial charge in [-0.3, -0.25) is 4.79 Å². The molecule has 2 aromatic rings. The van der Waals surface area contributed by atoms with Crippen molar-refractivity contribution in [3.63, 3.8) is 0 Å². The van der Waals surface area contributed by atoms with Crippen LogP contribution in [-0.2, 0) is 16.0 Å². The third kappa shape index (κ3) is 4.91. The molecule has 4 heteroatoms. The maximum absolute atomic E-state index is 11.7. The predicted molar refractivity (Wildman–Crippen MR) is 93.4 cm³/mol. The summed E-state index contributed by atoms with van der Waals surface area (Å²) >= 11 is 0. The van der Waals surface area contributed by atoms with Gasteiger partial charge in [-0.05, 0) is 36.5 Å². The second-order valence-corrected chi connectivity index (χ2v) is 5.71. The first-order chi connectivity index (χ1) is 11.7. The van der Waals surface area contributed by atoms with E-state index in [9.17, 15) is 15.0 Å². The van der Waals surface area contributed by atoms with Crippen LogP contribution < -0.4 is 0 Å². The van der Waals surface area contributed by atoms with Crippen molar-refractivity contribution in [2.24, 2.45) is 5.92 Å². The second kappa shape index (κ2) is 9.21. The minimum absolute atomic E-state index is 0.237. The summed E-state index contributed by atoms with van der Waals surface area (Å²) in [6.45, 7) is 1.53. The van der Waals surface area contributed by atoms with Crippen molar-refractivity contribution >= 4 is 5.97 Å². The number of hydrogen-bond donors (Lipinski definition) is 2. The van der Waals surface area contributed by atoms with Gasteiger partial charge in [0.15, 0.2) is 0 Å². The summed E-state index contributed by atoms with van der Waals surface area (Å²) in [5.41, 5.74) is 3.34. The number of hydrogen-bond acceptors (Lipinski definition) is 4. The molecule has 0 saturated carbocycles. The lowest BCUT2D eigenvalue weighted by atomic mass is 9.95. The van der Waals surface area contributed by atoms with Crippen molar-refractivity contribution < 1.29 is 19.7 Å². The molecular formula is C20H24O4.